The van der Waals surface area contributed by atoms with Gasteiger partial charge in [-0.3, -0.25) is 9.69 Å². The Hall–Kier alpha value is -2.34. The van der Waals surface area contributed by atoms with E-state index in [0.717, 1.165) is 56.9 Å². The molecule has 2 aromatic rings. The molecular formula is C21H26FN3O2. The molecule has 1 N–H and O–H groups in total. The number of anilines is 1. The van der Waals surface area contributed by atoms with Crippen LogP contribution in [0.15, 0.2) is 47.1 Å². The van der Waals surface area contributed by atoms with Gasteiger partial charge in [0.15, 0.2) is 0 Å². The van der Waals surface area contributed by atoms with Crippen molar-refractivity contribution in [1.29, 1.82) is 0 Å². The van der Waals surface area contributed by atoms with Crippen molar-refractivity contribution in [3.8, 4) is 0 Å². The molecule has 1 unspecified atom stereocenters. The lowest BCUT2D eigenvalue weighted by Gasteiger charge is -2.39. The molecule has 4 rings (SSSR count). The first kappa shape index (κ1) is 18.0. The Balaban J connectivity index is 1.37. The van der Waals surface area contributed by atoms with Crippen LogP contribution < -0.4 is 10.2 Å². The molecule has 1 atom stereocenters. The smallest absolute Gasteiger partial charge is 0.223 e. The molecule has 6 heteroatoms. The number of hydrogen-bond donors (Lipinski definition) is 1. The van der Waals surface area contributed by atoms with Crippen LogP contribution in [-0.4, -0.2) is 43.5 Å². The van der Waals surface area contributed by atoms with Crippen molar-refractivity contribution in [1.82, 2.24) is 10.2 Å². The van der Waals surface area contributed by atoms with Crippen LogP contribution in [0.3, 0.4) is 0 Å². The number of carbonyl (C=O) groups is 1. The van der Waals surface area contributed by atoms with Gasteiger partial charge < -0.3 is 14.6 Å². The fraction of sp³-hybridized carbons (Fsp3) is 0.476. The number of nitrogens with one attached hydrogen (secondary N) is 1. The second kappa shape index (κ2) is 8.13. The van der Waals surface area contributed by atoms with Crippen molar-refractivity contribution in [3.63, 3.8) is 0 Å². The number of nitrogens with zero attached hydrogens (tertiary/aromatic N) is 2. The highest BCUT2D eigenvalue weighted by Gasteiger charge is 2.30. The summed E-state index contributed by atoms with van der Waals surface area (Å²) in [5.74, 6) is 1.04. The Labute approximate surface area is 159 Å². The molecule has 144 valence electrons. The van der Waals surface area contributed by atoms with E-state index in [4.69, 9.17) is 4.42 Å². The summed E-state index contributed by atoms with van der Waals surface area (Å²) in [5.41, 5.74) is 1.05. The molecule has 1 aliphatic heterocycles. The maximum absolute atomic E-state index is 13.1. The third-order valence-corrected chi connectivity index (χ3v) is 5.76. The number of carbonyl (C=O) groups excluding carboxylic acids is 1. The average Bonchev–Trinajstić information content (AvgIpc) is 3.16. The van der Waals surface area contributed by atoms with Gasteiger partial charge in [-0.15, -0.1) is 0 Å². The van der Waals surface area contributed by atoms with Gasteiger partial charge in [0.25, 0.3) is 0 Å². The normalized spacial score (nSPS) is 19.5. The monoisotopic (exact) mass is 371 g/mol. The highest BCUT2D eigenvalue weighted by Crippen LogP contribution is 2.28. The minimum Gasteiger partial charge on any atom is -0.468 e. The molecule has 0 bridgehead atoms. The first-order valence-electron chi connectivity index (χ1n) is 9.76. The van der Waals surface area contributed by atoms with E-state index in [1.165, 1.54) is 12.1 Å². The number of amides is 1. The summed E-state index contributed by atoms with van der Waals surface area (Å²) in [6.07, 6.45) is 4.86. The number of furan rings is 1. The van der Waals surface area contributed by atoms with Gasteiger partial charge in [-0.25, -0.2) is 4.39 Å². The number of halogens is 1. The Morgan fingerprint density at radius 1 is 1.15 bits per heavy atom. The lowest BCUT2D eigenvalue weighted by atomic mass is 9.85. The van der Waals surface area contributed by atoms with Crippen molar-refractivity contribution in [2.75, 3.05) is 37.6 Å². The van der Waals surface area contributed by atoms with Gasteiger partial charge in [0.2, 0.25) is 5.91 Å². The third-order valence-electron chi connectivity index (χ3n) is 5.76. The van der Waals surface area contributed by atoms with E-state index >= 15 is 0 Å². The van der Waals surface area contributed by atoms with Crippen molar-refractivity contribution in [3.05, 3.63) is 54.2 Å². The summed E-state index contributed by atoms with van der Waals surface area (Å²) < 4.78 is 18.8. The average molecular weight is 371 g/mol. The molecule has 27 heavy (non-hydrogen) atoms. The second-order valence-electron chi connectivity index (χ2n) is 7.40. The SMILES string of the molecule is O=C(NCC(c1ccco1)N1CCN(c2ccc(F)cc2)CC1)C1CCC1. The molecule has 1 saturated carbocycles. The van der Waals surface area contributed by atoms with Crippen molar-refractivity contribution < 1.29 is 13.6 Å². The largest absolute Gasteiger partial charge is 0.468 e. The number of hydrogen-bond acceptors (Lipinski definition) is 4. The molecule has 1 amide bonds. The topological polar surface area (TPSA) is 48.7 Å². The maximum Gasteiger partial charge on any atom is 0.223 e. The minimum absolute atomic E-state index is 0.0411. The molecule has 1 aliphatic carbocycles. The molecule has 2 aliphatic rings. The van der Waals surface area contributed by atoms with Crippen molar-refractivity contribution >= 4 is 11.6 Å². The molecule has 0 spiro atoms. The summed E-state index contributed by atoms with van der Waals surface area (Å²) in [7, 11) is 0. The van der Waals surface area contributed by atoms with Crippen LogP contribution in [0.5, 0.6) is 0 Å². The fourth-order valence-corrected chi connectivity index (χ4v) is 3.85. The van der Waals surface area contributed by atoms with Crippen LogP contribution in [0, 0.1) is 11.7 Å². The van der Waals surface area contributed by atoms with E-state index in [-0.39, 0.29) is 23.7 Å². The molecular weight excluding hydrogens is 345 g/mol. The number of benzene rings is 1. The number of rotatable bonds is 6. The maximum atomic E-state index is 13.1. The van der Waals surface area contributed by atoms with Crippen molar-refractivity contribution in [2.45, 2.75) is 25.3 Å². The zero-order chi connectivity index (χ0) is 18.6. The van der Waals surface area contributed by atoms with Crippen LogP contribution in [0.2, 0.25) is 0 Å². The second-order valence-corrected chi connectivity index (χ2v) is 7.40. The quantitative estimate of drug-likeness (QED) is 0.847. The van der Waals surface area contributed by atoms with Crippen LogP contribution in [0.25, 0.3) is 0 Å². The Kier molecular flexibility index (Phi) is 5.43. The van der Waals surface area contributed by atoms with Crippen LogP contribution in [0.4, 0.5) is 10.1 Å². The van der Waals surface area contributed by atoms with Gasteiger partial charge in [0.05, 0.1) is 12.3 Å². The first-order valence-corrected chi connectivity index (χ1v) is 9.76. The highest BCUT2D eigenvalue weighted by molar-refractivity contribution is 5.79. The molecule has 1 aromatic carbocycles. The molecule has 0 radical (unpaired) electrons. The van der Waals surface area contributed by atoms with Gasteiger partial charge in [0.1, 0.15) is 11.6 Å². The van der Waals surface area contributed by atoms with Gasteiger partial charge in [-0.2, -0.15) is 0 Å². The van der Waals surface area contributed by atoms with Crippen LogP contribution >= 0.6 is 0 Å². The molecule has 5 nitrogen and oxygen atoms in total. The predicted molar refractivity (Wildman–Crippen MR) is 102 cm³/mol. The van der Waals surface area contributed by atoms with Crippen LogP contribution in [0.1, 0.15) is 31.1 Å². The summed E-state index contributed by atoms with van der Waals surface area (Å²) in [5, 5.41) is 3.12. The van der Waals surface area contributed by atoms with Crippen LogP contribution in [-0.2, 0) is 4.79 Å². The standard InChI is InChI=1S/C21H26FN3O2/c22-17-6-8-18(9-7-17)24-10-12-25(13-11-24)19(20-5-2-14-27-20)15-23-21(26)16-3-1-4-16/h2,5-9,14,16,19H,1,3-4,10-13,15H2,(H,23,26). The summed E-state index contributed by atoms with van der Waals surface area (Å²) in [6, 6.07) is 10.6. The summed E-state index contributed by atoms with van der Waals surface area (Å²) >= 11 is 0. The zero-order valence-corrected chi connectivity index (χ0v) is 15.4. The van der Waals surface area contributed by atoms with Gasteiger partial charge in [0, 0.05) is 44.3 Å². The summed E-state index contributed by atoms with van der Waals surface area (Å²) in [4.78, 5) is 16.9. The Morgan fingerprint density at radius 3 is 2.48 bits per heavy atom. The lowest BCUT2D eigenvalue weighted by Crippen LogP contribution is -2.50. The highest BCUT2D eigenvalue weighted by atomic mass is 19.1. The molecule has 2 fully saturated rings. The van der Waals surface area contributed by atoms with Gasteiger partial charge in [-0.05, 0) is 49.2 Å². The van der Waals surface area contributed by atoms with E-state index < -0.39 is 0 Å². The lowest BCUT2D eigenvalue weighted by molar-refractivity contribution is -0.127. The van der Waals surface area contributed by atoms with E-state index in [0.29, 0.717) is 6.54 Å². The zero-order valence-electron chi connectivity index (χ0n) is 15.4. The third kappa shape index (κ3) is 4.16. The Morgan fingerprint density at radius 2 is 1.89 bits per heavy atom. The predicted octanol–water partition coefficient (Wildman–Crippen LogP) is 3.20. The van der Waals surface area contributed by atoms with E-state index in [1.54, 1.807) is 6.26 Å². The Bertz CT molecular complexity index is 735. The minimum atomic E-state index is -0.211. The van der Waals surface area contributed by atoms with E-state index in [9.17, 15) is 9.18 Å². The van der Waals surface area contributed by atoms with Gasteiger partial charge >= 0.3 is 0 Å². The fourth-order valence-electron chi connectivity index (χ4n) is 3.85. The van der Waals surface area contributed by atoms with Crippen molar-refractivity contribution in [2.24, 2.45) is 5.92 Å². The first-order chi connectivity index (χ1) is 13.2. The summed E-state index contributed by atoms with van der Waals surface area (Å²) in [6.45, 7) is 4.02. The van der Waals surface area contributed by atoms with E-state index in [1.807, 2.05) is 24.3 Å². The number of piperazine rings is 1. The van der Waals surface area contributed by atoms with E-state index in [2.05, 4.69) is 15.1 Å². The van der Waals surface area contributed by atoms with Gasteiger partial charge in [-0.1, -0.05) is 6.42 Å². The molecule has 2 heterocycles. The molecule has 1 saturated heterocycles. The molecule has 1 aromatic heterocycles.